The summed E-state index contributed by atoms with van der Waals surface area (Å²) in [4.78, 5) is 16.6. The molecule has 2 aromatic rings. The molecule has 0 radical (unpaired) electrons. The molecule has 0 bridgehead atoms. The number of ether oxygens (including phenoxy) is 2. The molecule has 0 atom stereocenters. The van der Waals surface area contributed by atoms with Gasteiger partial charge in [0.1, 0.15) is 0 Å². The number of fused-ring (bicyclic) bond motifs is 1. The summed E-state index contributed by atoms with van der Waals surface area (Å²) in [5.74, 6) is 1.61. The number of benzene rings is 2. The Morgan fingerprint density at radius 2 is 1.73 bits per heavy atom. The Balaban J connectivity index is 1.28. The van der Waals surface area contributed by atoms with Gasteiger partial charge in [0, 0.05) is 44.1 Å². The van der Waals surface area contributed by atoms with Crippen LogP contribution in [-0.4, -0.2) is 48.8 Å². The first-order chi connectivity index (χ1) is 12.7. The number of rotatable bonds is 3. The topological polar surface area (TPSA) is 80.1 Å². The smallest absolute Gasteiger partial charge is 0.321 e. The van der Waals surface area contributed by atoms with Crippen molar-refractivity contribution in [3.63, 3.8) is 0 Å². The van der Waals surface area contributed by atoms with Gasteiger partial charge in [0.2, 0.25) is 6.79 Å². The van der Waals surface area contributed by atoms with E-state index in [0.29, 0.717) is 25.6 Å². The number of anilines is 2. The highest BCUT2D eigenvalue weighted by atomic mass is 16.7. The first kappa shape index (κ1) is 16.5. The van der Waals surface area contributed by atoms with Gasteiger partial charge >= 0.3 is 6.03 Å². The van der Waals surface area contributed by atoms with Gasteiger partial charge in [-0.1, -0.05) is 6.07 Å². The lowest BCUT2D eigenvalue weighted by Gasteiger charge is -2.34. The molecular formula is C19H22N4O3. The second kappa shape index (κ2) is 7.13. The van der Waals surface area contributed by atoms with Crippen LogP contribution in [0.2, 0.25) is 0 Å². The van der Waals surface area contributed by atoms with Gasteiger partial charge in [-0.15, -0.1) is 0 Å². The van der Waals surface area contributed by atoms with Crippen LogP contribution >= 0.6 is 0 Å². The monoisotopic (exact) mass is 354 g/mol. The molecule has 1 fully saturated rings. The normalized spacial score (nSPS) is 16.5. The van der Waals surface area contributed by atoms with Gasteiger partial charge in [-0.3, -0.25) is 4.90 Å². The second-order valence-electron chi connectivity index (χ2n) is 6.50. The molecule has 4 rings (SSSR count). The largest absolute Gasteiger partial charge is 0.454 e. The van der Waals surface area contributed by atoms with Crippen LogP contribution in [0.3, 0.4) is 0 Å². The summed E-state index contributed by atoms with van der Waals surface area (Å²) in [5, 5.41) is 2.91. The van der Waals surface area contributed by atoms with Crippen LogP contribution in [0.15, 0.2) is 42.5 Å². The quantitative estimate of drug-likeness (QED) is 0.827. The first-order valence-electron chi connectivity index (χ1n) is 8.70. The zero-order chi connectivity index (χ0) is 17.9. The Hall–Kier alpha value is -2.93. The molecule has 1 saturated heterocycles. The Kier molecular flexibility index (Phi) is 4.53. The summed E-state index contributed by atoms with van der Waals surface area (Å²) in [6.07, 6.45) is 0. The van der Waals surface area contributed by atoms with Crippen molar-refractivity contribution in [1.82, 2.24) is 9.80 Å². The molecule has 0 unspecified atom stereocenters. The number of nitrogens with two attached hydrogens (primary N) is 1. The van der Waals surface area contributed by atoms with Crippen LogP contribution in [-0.2, 0) is 6.54 Å². The summed E-state index contributed by atoms with van der Waals surface area (Å²) in [6.45, 7) is 4.20. The fraction of sp³-hybridized carbons (Fsp3) is 0.316. The molecule has 2 aromatic carbocycles. The Labute approximate surface area is 152 Å². The summed E-state index contributed by atoms with van der Waals surface area (Å²) in [6, 6.07) is 13.1. The molecule has 0 aliphatic carbocycles. The van der Waals surface area contributed by atoms with Crippen LogP contribution in [0.4, 0.5) is 16.2 Å². The fourth-order valence-electron chi connectivity index (χ4n) is 3.18. The SMILES string of the molecule is Nc1ccc(NC(=O)N2CCN(Cc3ccc4c(c3)OCO4)CC2)cc1. The van der Waals surface area contributed by atoms with Crippen LogP contribution in [0.1, 0.15) is 5.56 Å². The average Bonchev–Trinajstić information content (AvgIpc) is 3.12. The van der Waals surface area contributed by atoms with Gasteiger partial charge in [0.25, 0.3) is 0 Å². The molecule has 2 amide bonds. The van der Waals surface area contributed by atoms with Crippen LogP contribution in [0.25, 0.3) is 0 Å². The van der Waals surface area contributed by atoms with Crippen molar-refractivity contribution in [3.05, 3.63) is 48.0 Å². The number of piperazine rings is 1. The zero-order valence-corrected chi connectivity index (χ0v) is 14.5. The van der Waals surface area contributed by atoms with E-state index in [1.807, 2.05) is 29.2 Å². The van der Waals surface area contributed by atoms with E-state index in [1.165, 1.54) is 5.56 Å². The van der Waals surface area contributed by atoms with E-state index in [2.05, 4.69) is 16.3 Å². The third kappa shape index (κ3) is 3.67. The van der Waals surface area contributed by atoms with E-state index in [1.54, 1.807) is 12.1 Å². The fourth-order valence-corrected chi connectivity index (χ4v) is 3.18. The summed E-state index contributed by atoms with van der Waals surface area (Å²) >= 11 is 0. The van der Waals surface area contributed by atoms with E-state index >= 15 is 0 Å². The second-order valence-corrected chi connectivity index (χ2v) is 6.50. The highest BCUT2D eigenvalue weighted by molar-refractivity contribution is 5.89. The number of nitrogens with one attached hydrogen (secondary N) is 1. The Morgan fingerprint density at radius 1 is 1.00 bits per heavy atom. The average molecular weight is 354 g/mol. The lowest BCUT2D eigenvalue weighted by molar-refractivity contribution is 0.143. The maximum absolute atomic E-state index is 12.4. The Morgan fingerprint density at radius 3 is 2.50 bits per heavy atom. The van der Waals surface area contributed by atoms with Crippen LogP contribution < -0.4 is 20.5 Å². The zero-order valence-electron chi connectivity index (χ0n) is 14.5. The van der Waals surface area contributed by atoms with Crippen molar-refractivity contribution in [1.29, 1.82) is 0 Å². The minimum atomic E-state index is -0.0718. The molecule has 0 spiro atoms. The molecule has 26 heavy (non-hydrogen) atoms. The number of nitrogens with zero attached hydrogens (tertiary/aromatic N) is 2. The molecule has 2 aliphatic heterocycles. The molecule has 2 aliphatic rings. The lowest BCUT2D eigenvalue weighted by atomic mass is 10.1. The highest BCUT2D eigenvalue weighted by Gasteiger charge is 2.22. The van der Waals surface area contributed by atoms with Crippen LogP contribution in [0.5, 0.6) is 11.5 Å². The molecule has 3 N–H and O–H groups in total. The maximum atomic E-state index is 12.4. The third-order valence-corrected chi connectivity index (χ3v) is 4.66. The number of hydrogen-bond donors (Lipinski definition) is 2. The van der Waals surface area contributed by atoms with E-state index in [4.69, 9.17) is 15.2 Å². The van der Waals surface area contributed by atoms with Gasteiger partial charge in [0.05, 0.1) is 0 Å². The summed E-state index contributed by atoms with van der Waals surface area (Å²) in [5.41, 5.74) is 8.29. The molecular weight excluding hydrogens is 332 g/mol. The van der Waals surface area contributed by atoms with Crippen molar-refractivity contribution in [2.24, 2.45) is 0 Å². The van der Waals surface area contributed by atoms with Crippen molar-refractivity contribution in [2.75, 3.05) is 44.0 Å². The molecule has 136 valence electrons. The molecule has 0 saturated carbocycles. The predicted octanol–water partition coefficient (Wildman–Crippen LogP) is 2.35. The number of hydrogen-bond acceptors (Lipinski definition) is 5. The van der Waals surface area contributed by atoms with Crippen molar-refractivity contribution < 1.29 is 14.3 Å². The van der Waals surface area contributed by atoms with Crippen LogP contribution in [0, 0.1) is 0 Å². The van der Waals surface area contributed by atoms with Gasteiger partial charge in [-0.05, 0) is 42.0 Å². The van der Waals surface area contributed by atoms with E-state index in [0.717, 1.165) is 36.8 Å². The first-order valence-corrected chi connectivity index (χ1v) is 8.70. The molecule has 2 heterocycles. The standard InChI is InChI=1S/C19H22N4O3/c20-15-2-4-16(5-3-15)21-19(24)23-9-7-22(8-10-23)12-14-1-6-17-18(11-14)26-13-25-17/h1-6,11H,7-10,12-13,20H2,(H,21,24). The van der Waals surface area contributed by atoms with E-state index < -0.39 is 0 Å². The predicted molar refractivity (Wildman–Crippen MR) is 99.3 cm³/mol. The summed E-state index contributed by atoms with van der Waals surface area (Å²) < 4.78 is 10.8. The van der Waals surface area contributed by atoms with Crippen molar-refractivity contribution in [3.8, 4) is 11.5 Å². The lowest BCUT2D eigenvalue weighted by Crippen LogP contribution is -2.49. The number of urea groups is 1. The Bertz CT molecular complexity index is 786. The summed E-state index contributed by atoms with van der Waals surface area (Å²) in [7, 11) is 0. The number of carbonyl (C=O) groups excluding carboxylic acids is 1. The highest BCUT2D eigenvalue weighted by Crippen LogP contribution is 2.32. The number of amides is 2. The van der Waals surface area contributed by atoms with Gasteiger partial charge in [-0.25, -0.2) is 4.79 Å². The molecule has 0 aromatic heterocycles. The minimum Gasteiger partial charge on any atom is -0.454 e. The molecule has 7 nitrogen and oxygen atoms in total. The number of carbonyl (C=O) groups is 1. The van der Waals surface area contributed by atoms with Crippen molar-refractivity contribution in [2.45, 2.75) is 6.54 Å². The minimum absolute atomic E-state index is 0.0718. The van der Waals surface area contributed by atoms with Crippen molar-refractivity contribution >= 4 is 17.4 Å². The van der Waals surface area contributed by atoms with Gasteiger partial charge < -0.3 is 25.4 Å². The molecule has 7 heteroatoms. The third-order valence-electron chi connectivity index (χ3n) is 4.66. The maximum Gasteiger partial charge on any atom is 0.321 e. The van der Waals surface area contributed by atoms with E-state index in [9.17, 15) is 4.79 Å². The van der Waals surface area contributed by atoms with Gasteiger partial charge in [0.15, 0.2) is 11.5 Å². The number of nitrogen functional groups attached to an aromatic ring is 1. The van der Waals surface area contributed by atoms with Gasteiger partial charge in [-0.2, -0.15) is 0 Å². The van der Waals surface area contributed by atoms with E-state index in [-0.39, 0.29) is 6.03 Å².